The van der Waals surface area contributed by atoms with Crippen molar-refractivity contribution in [2.75, 3.05) is 20.6 Å². The second-order valence-electron chi connectivity index (χ2n) is 13.2. The van der Waals surface area contributed by atoms with E-state index >= 15 is 0 Å². The van der Waals surface area contributed by atoms with Crippen molar-refractivity contribution in [2.45, 2.75) is 147 Å². The highest BCUT2D eigenvalue weighted by Crippen LogP contribution is 2.36. The molecule has 238 valence electrons. The van der Waals surface area contributed by atoms with E-state index in [0.717, 1.165) is 5.06 Å². The molecule has 0 amide bonds. The van der Waals surface area contributed by atoms with Crippen LogP contribution in [0.15, 0.2) is 0 Å². The van der Waals surface area contributed by atoms with Crippen LogP contribution in [-0.2, 0) is 14.2 Å². The second kappa shape index (κ2) is 14.4. The summed E-state index contributed by atoms with van der Waals surface area (Å²) in [5, 5.41) is 69.9. The first-order valence-corrected chi connectivity index (χ1v) is 14.9. The molecular formula is C29H57N2O9-. The first-order chi connectivity index (χ1) is 18.3. The minimum absolute atomic E-state index is 0.168. The third-order valence-electron chi connectivity index (χ3n) is 9.40. The highest BCUT2D eigenvalue weighted by molar-refractivity contribution is 4.96. The molecule has 2 saturated heterocycles. The highest BCUT2D eigenvalue weighted by atomic mass is 16.7. The van der Waals surface area contributed by atoms with E-state index in [4.69, 9.17) is 14.2 Å². The zero-order valence-corrected chi connectivity index (χ0v) is 26.2. The zero-order chi connectivity index (χ0) is 30.7. The molecule has 2 rings (SSSR count). The van der Waals surface area contributed by atoms with E-state index in [0.29, 0.717) is 25.8 Å². The maximum Gasteiger partial charge on any atom is 0.160 e. The Morgan fingerprint density at radius 3 is 2.12 bits per heavy atom. The fourth-order valence-electron chi connectivity index (χ4n) is 6.58. The summed E-state index contributed by atoms with van der Waals surface area (Å²) in [6.07, 6.45) is -5.18. The number of aliphatic hydroxyl groups is 5. The van der Waals surface area contributed by atoms with Crippen molar-refractivity contribution in [3.63, 3.8) is 0 Å². The van der Waals surface area contributed by atoms with Crippen LogP contribution in [0, 0.1) is 23.0 Å². The fourth-order valence-corrected chi connectivity index (χ4v) is 6.58. The van der Waals surface area contributed by atoms with Crippen LogP contribution in [0.25, 0.3) is 0 Å². The van der Waals surface area contributed by atoms with Gasteiger partial charge in [-0.05, 0) is 67.0 Å². The van der Waals surface area contributed by atoms with Crippen LogP contribution in [0.2, 0.25) is 0 Å². The van der Waals surface area contributed by atoms with E-state index in [9.17, 15) is 30.7 Å². The molecule has 0 aromatic rings. The van der Waals surface area contributed by atoms with Gasteiger partial charge in [0.05, 0.1) is 36.1 Å². The van der Waals surface area contributed by atoms with Gasteiger partial charge in [-0.3, -0.25) is 0 Å². The molecule has 0 aliphatic carbocycles. The summed E-state index contributed by atoms with van der Waals surface area (Å²) in [7, 11) is 3.35. The Morgan fingerprint density at radius 1 is 0.975 bits per heavy atom. The maximum atomic E-state index is 12.1. The van der Waals surface area contributed by atoms with Gasteiger partial charge < -0.3 is 54.9 Å². The number of nitrogens with zero attached hydrogens (tertiary/aromatic N) is 2. The predicted molar refractivity (Wildman–Crippen MR) is 152 cm³/mol. The lowest BCUT2D eigenvalue weighted by molar-refractivity contribution is -0.281. The molecule has 5 N–H and O–H groups in total. The minimum atomic E-state index is -1.67. The van der Waals surface area contributed by atoms with Crippen LogP contribution < -0.4 is 0 Å². The van der Waals surface area contributed by atoms with E-state index in [1.807, 2.05) is 39.6 Å². The summed E-state index contributed by atoms with van der Waals surface area (Å²) in [6.45, 7) is 14.4. The van der Waals surface area contributed by atoms with Crippen molar-refractivity contribution in [2.24, 2.45) is 17.8 Å². The van der Waals surface area contributed by atoms with Crippen LogP contribution in [0.3, 0.4) is 0 Å². The van der Waals surface area contributed by atoms with Gasteiger partial charge in [0, 0.05) is 36.9 Å². The van der Waals surface area contributed by atoms with Crippen molar-refractivity contribution in [3.05, 3.63) is 5.21 Å². The Labute approximate surface area is 241 Å². The van der Waals surface area contributed by atoms with Crippen molar-refractivity contribution >= 4 is 0 Å². The van der Waals surface area contributed by atoms with Crippen LogP contribution >= 0.6 is 0 Å². The normalized spacial score (nSPS) is 49.4. The summed E-state index contributed by atoms with van der Waals surface area (Å²) in [5.74, 6) is -1.78. The van der Waals surface area contributed by atoms with Gasteiger partial charge >= 0.3 is 0 Å². The van der Waals surface area contributed by atoms with Gasteiger partial charge in [0.25, 0.3) is 0 Å². The molecule has 0 saturated carbocycles. The Kier molecular flexibility index (Phi) is 12.8. The number of hydroxylamine groups is 2. The standard InChI is InChI=1S/C29H57N2O9/c1-11-22-29(8,36)25(32)16(2)15-30(9)17(3)14-28(7,35)26(33)19(5)24(20(6)27(34)39-22)40-23-13-21(31(10)37)12-18(4)38-23/h16-27,32-36H,11-15H2,1-10H3/q-1/t16-,17+,18?,19-,20+,21?,22+,23-,24-,25+,26+,27?,28+,29+/m0/s1. The Bertz CT molecular complexity index is 770. The van der Waals surface area contributed by atoms with Gasteiger partial charge in [-0.25, -0.2) is 0 Å². The van der Waals surface area contributed by atoms with E-state index < -0.39 is 60.0 Å². The number of ether oxygens (including phenoxy) is 3. The first kappa shape index (κ1) is 35.8. The SMILES string of the molecule is CC[C@H]1OC(O)[C@H](C)[C@@H](O[C@H]2CC(N(C)[O-])CC(C)O2)[C@H](C)[C@@H](O)[C@](C)(O)C[C@@H](C)N(C)C[C@H](C)[C@@H](O)[C@]1(C)O. The van der Waals surface area contributed by atoms with Crippen LogP contribution in [0.4, 0.5) is 0 Å². The van der Waals surface area contributed by atoms with Gasteiger partial charge in [0.1, 0.15) is 5.60 Å². The van der Waals surface area contributed by atoms with Gasteiger partial charge in [0.15, 0.2) is 12.6 Å². The molecule has 3 unspecified atom stereocenters. The Balaban J connectivity index is 2.50. The summed E-state index contributed by atoms with van der Waals surface area (Å²) in [6, 6.07) is -0.478. The largest absolute Gasteiger partial charge is 0.785 e. The van der Waals surface area contributed by atoms with Gasteiger partial charge in [0.2, 0.25) is 0 Å². The number of rotatable bonds is 4. The van der Waals surface area contributed by atoms with Crippen molar-refractivity contribution < 1.29 is 39.7 Å². The molecule has 2 fully saturated rings. The van der Waals surface area contributed by atoms with Crippen LogP contribution in [0.1, 0.15) is 81.1 Å². The molecule has 2 aliphatic heterocycles. The summed E-state index contributed by atoms with van der Waals surface area (Å²) in [5.41, 5.74) is -3.18. The average Bonchev–Trinajstić information content (AvgIpc) is 2.86. The van der Waals surface area contributed by atoms with E-state index in [1.165, 1.54) is 14.0 Å². The van der Waals surface area contributed by atoms with Gasteiger partial charge in [-0.1, -0.05) is 27.7 Å². The molecule has 0 bridgehead atoms. The Morgan fingerprint density at radius 2 is 1.57 bits per heavy atom. The third kappa shape index (κ3) is 8.57. The molecule has 11 heteroatoms. The number of hydrogen-bond donors (Lipinski definition) is 5. The molecule has 0 aromatic heterocycles. The second-order valence-corrected chi connectivity index (χ2v) is 13.2. The van der Waals surface area contributed by atoms with Gasteiger partial charge in [-0.2, -0.15) is 0 Å². The van der Waals surface area contributed by atoms with E-state index in [2.05, 4.69) is 0 Å². The highest BCUT2D eigenvalue weighted by Gasteiger charge is 2.47. The molecular weight excluding hydrogens is 520 g/mol. The predicted octanol–water partition coefficient (Wildman–Crippen LogP) is 1.66. The minimum Gasteiger partial charge on any atom is -0.785 e. The molecule has 14 atom stereocenters. The molecule has 11 nitrogen and oxygen atoms in total. The van der Waals surface area contributed by atoms with E-state index in [-0.39, 0.29) is 30.5 Å². The smallest absolute Gasteiger partial charge is 0.160 e. The van der Waals surface area contributed by atoms with Crippen LogP contribution in [0.5, 0.6) is 0 Å². The van der Waals surface area contributed by atoms with Crippen molar-refractivity contribution in [1.29, 1.82) is 0 Å². The molecule has 0 radical (unpaired) electrons. The lowest BCUT2D eigenvalue weighted by atomic mass is 9.79. The summed E-state index contributed by atoms with van der Waals surface area (Å²) in [4.78, 5) is 1.99. The summed E-state index contributed by atoms with van der Waals surface area (Å²) >= 11 is 0. The number of hydrogen-bond acceptors (Lipinski definition) is 11. The molecule has 40 heavy (non-hydrogen) atoms. The lowest BCUT2D eigenvalue weighted by Gasteiger charge is -2.46. The monoisotopic (exact) mass is 577 g/mol. The average molecular weight is 578 g/mol. The lowest BCUT2D eigenvalue weighted by Crippen LogP contribution is -2.56. The van der Waals surface area contributed by atoms with Crippen molar-refractivity contribution in [3.8, 4) is 0 Å². The fraction of sp³-hybridized carbons (Fsp3) is 1.00. The van der Waals surface area contributed by atoms with Crippen molar-refractivity contribution in [1.82, 2.24) is 9.96 Å². The first-order valence-electron chi connectivity index (χ1n) is 14.9. The molecule has 0 aromatic carbocycles. The molecule has 0 spiro atoms. The van der Waals surface area contributed by atoms with Gasteiger partial charge in [-0.15, -0.1) is 0 Å². The Hall–Kier alpha value is -0.440. The zero-order valence-electron chi connectivity index (χ0n) is 26.2. The quantitative estimate of drug-likeness (QED) is 0.309. The van der Waals surface area contributed by atoms with E-state index in [1.54, 1.807) is 20.8 Å². The third-order valence-corrected chi connectivity index (χ3v) is 9.40. The maximum absolute atomic E-state index is 12.1. The topological polar surface area (TPSA) is 158 Å². The summed E-state index contributed by atoms with van der Waals surface area (Å²) < 4.78 is 18.4. The number of aliphatic hydroxyl groups excluding tert-OH is 3. The van der Waals surface area contributed by atoms with Crippen LogP contribution in [-0.4, -0.2) is 123 Å². The molecule has 2 heterocycles. The molecule has 2 aliphatic rings.